The first-order valence-electron chi connectivity index (χ1n) is 10.0. The van der Waals surface area contributed by atoms with Crippen LogP contribution in [0.4, 0.5) is 0 Å². The summed E-state index contributed by atoms with van der Waals surface area (Å²) in [6, 6.07) is 15.4. The molecule has 1 N–H and O–H groups in total. The predicted molar refractivity (Wildman–Crippen MR) is 114 cm³/mol. The Kier molecular flexibility index (Phi) is 5.17. The molecule has 148 valence electrons. The third-order valence-electron chi connectivity index (χ3n) is 6.36. The molecule has 0 bridgehead atoms. The highest BCUT2D eigenvalue weighted by Gasteiger charge is 2.37. The van der Waals surface area contributed by atoms with Gasteiger partial charge in [0.25, 0.3) is 0 Å². The van der Waals surface area contributed by atoms with E-state index in [1.807, 2.05) is 13.3 Å². The number of benzene rings is 2. The van der Waals surface area contributed by atoms with E-state index in [0.29, 0.717) is 6.04 Å². The Morgan fingerprint density at radius 1 is 1.18 bits per heavy atom. The van der Waals surface area contributed by atoms with Crippen molar-refractivity contribution in [3.63, 3.8) is 0 Å². The molecule has 2 heterocycles. The number of methoxy groups -OCH3 is 2. The topological polar surface area (TPSA) is 37.5 Å². The minimum Gasteiger partial charge on any atom is -0.496 e. The molecule has 0 amide bonds. The molecule has 1 aliphatic rings. The van der Waals surface area contributed by atoms with Gasteiger partial charge in [0.2, 0.25) is 0 Å². The first-order chi connectivity index (χ1) is 13.5. The molecular formula is C24H30N2O2. The largest absolute Gasteiger partial charge is 0.496 e. The van der Waals surface area contributed by atoms with Crippen molar-refractivity contribution >= 4 is 10.9 Å². The minimum atomic E-state index is -0.0855. The summed E-state index contributed by atoms with van der Waals surface area (Å²) in [4.78, 5) is 5.97. The summed E-state index contributed by atoms with van der Waals surface area (Å²) >= 11 is 0. The second-order valence-corrected chi connectivity index (χ2v) is 8.15. The molecule has 3 aromatic rings. The molecule has 4 rings (SSSR count). The standard InChI is InChI=1S/C24H30N2O2/c1-17-14-22(27-3)20(19-10-12-25-23(17)19)16-26-13-11-24(2,28-4)15-21(26)18-8-6-5-7-9-18/h5-10,12,14,21,25H,11,13,15-16H2,1-4H3. The van der Waals surface area contributed by atoms with E-state index in [0.717, 1.165) is 31.7 Å². The average molecular weight is 379 g/mol. The highest BCUT2D eigenvalue weighted by molar-refractivity contribution is 5.88. The van der Waals surface area contributed by atoms with Crippen LogP contribution in [0.1, 0.15) is 42.5 Å². The highest BCUT2D eigenvalue weighted by atomic mass is 16.5. The number of nitrogens with one attached hydrogen (secondary N) is 1. The zero-order valence-corrected chi connectivity index (χ0v) is 17.3. The van der Waals surface area contributed by atoms with E-state index in [4.69, 9.17) is 9.47 Å². The van der Waals surface area contributed by atoms with Gasteiger partial charge in [0.15, 0.2) is 0 Å². The summed E-state index contributed by atoms with van der Waals surface area (Å²) in [7, 11) is 3.60. The van der Waals surface area contributed by atoms with Gasteiger partial charge in [-0.1, -0.05) is 30.3 Å². The van der Waals surface area contributed by atoms with Gasteiger partial charge in [-0.2, -0.15) is 0 Å². The lowest BCUT2D eigenvalue weighted by Gasteiger charge is -2.44. The smallest absolute Gasteiger partial charge is 0.124 e. The van der Waals surface area contributed by atoms with Gasteiger partial charge in [0, 0.05) is 48.9 Å². The van der Waals surface area contributed by atoms with Crippen LogP contribution < -0.4 is 4.74 Å². The first kappa shape index (κ1) is 19.0. The van der Waals surface area contributed by atoms with E-state index in [9.17, 15) is 0 Å². The van der Waals surface area contributed by atoms with Gasteiger partial charge < -0.3 is 14.5 Å². The van der Waals surface area contributed by atoms with E-state index >= 15 is 0 Å². The molecule has 1 aliphatic heterocycles. The van der Waals surface area contributed by atoms with Crippen molar-refractivity contribution in [2.24, 2.45) is 0 Å². The van der Waals surface area contributed by atoms with Gasteiger partial charge in [-0.3, -0.25) is 4.90 Å². The summed E-state index contributed by atoms with van der Waals surface area (Å²) in [5.41, 5.74) is 4.93. The number of likely N-dealkylation sites (tertiary alicyclic amines) is 1. The van der Waals surface area contributed by atoms with Crippen molar-refractivity contribution in [1.82, 2.24) is 9.88 Å². The third kappa shape index (κ3) is 3.43. The van der Waals surface area contributed by atoms with Crippen molar-refractivity contribution in [2.45, 2.75) is 44.9 Å². The fourth-order valence-electron chi connectivity index (χ4n) is 4.54. The number of fused-ring (bicyclic) bond motifs is 1. The Morgan fingerprint density at radius 2 is 1.96 bits per heavy atom. The van der Waals surface area contributed by atoms with Gasteiger partial charge in [-0.25, -0.2) is 0 Å². The number of aryl methyl sites for hydroxylation is 1. The maximum atomic E-state index is 5.89. The number of ether oxygens (including phenoxy) is 2. The molecule has 1 aromatic heterocycles. The number of H-pyrrole nitrogens is 1. The van der Waals surface area contributed by atoms with Gasteiger partial charge >= 0.3 is 0 Å². The molecule has 4 nitrogen and oxygen atoms in total. The van der Waals surface area contributed by atoms with Crippen LogP contribution in [0.25, 0.3) is 10.9 Å². The fourth-order valence-corrected chi connectivity index (χ4v) is 4.54. The van der Waals surface area contributed by atoms with Gasteiger partial charge in [0.05, 0.1) is 12.7 Å². The quantitative estimate of drug-likeness (QED) is 0.661. The lowest BCUT2D eigenvalue weighted by molar-refractivity contribution is -0.0672. The number of hydrogen-bond acceptors (Lipinski definition) is 3. The van der Waals surface area contributed by atoms with Crippen LogP contribution in [-0.4, -0.2) is 36.2 Å². The highest BCUT2D eigenvalue weighted by Crippen LogP contribution is 2.41. The van der Waals surface area contributed by atoms with E-state index in [2.05, 4.69) is 66.2 Å². The minimum absolute atomic E-state index is 0.0855. The van der Waals surface area contributed by atoms with Crippen LogP contribution in [0.15, 0.2) is 48.7 Å². The molecular weight excluding hydrogens is 348 g/mol. The van der Waals surface area contributed by atoms with Crippen LogP contribution in [0.2, 0.25) is 0 Å². The Balaban J connectivity index is 1.73. The summed E-state index contributed by atoms with van der Waals surface area (Å²) in [6.45, 7) is 6.21. The van der Waals surface area contributed by atoms with Crippen LogP contribution >= 0.6 is 0 Å². The third-order valence-corrected chi connectivity index (χ3v) is 6.36. The lowest BCUT2D eigenvalue weighted by Crippen LogP contribution is -2.45. The Bertz CT molecular complexity index is 950. The number of rotatable bonds is 5. The van der Waals surface area contributed by atoms with Crippen molar-refractivity contribution in [2.75, 3.05) is 20.8 Å². The Morgan fingerprint density at radius 3 is 2.68 bits per heavy atom. The first-order valence-corrected chi connectivity index (χ1v) is 10.0. The zero-order valence-electron chi connectivity index (χ0n) is 17.3. The van der Waals surface area contributed by atoms with Crippen molar-refractivity contribution in [3.8, 4) is 5.75 Å². The molecule has 0 spiro atoms. The Hall–Kier alpha value is -2.30. The lowest BCUT2D eigenvalue weighted by atomic mass is 9.84. The maximum absolute atomic E-state index is 5.89. The van der Waals surface area contributed by atoms with Gasteiger partial charge in [-0.05, 0) is 49.9 Å². The van der Waals surface area contributed by atoms with Crippen LogP contribution in [-0.2, 0) is 11.3 Å². The van der Waals surface area contributed by atoms with E-state index in [1.165, 1.54) is 27.6 Å². The van der Waals surface area contributed by atoms with E-state index in [-0.39, 0.29) is 5.60 Å². The normalized spacial score (nSPS) is 23.2. The molecule has 0 aliphatic carbocycles. The van der Waals surface area contributed by atoms with Crippen LogP contribution in [0, 0.1) is 6.92 Å². The Labute approximate surface area is 167 Å². The molecule has 2 atom stereocenters. The molecule has 2 aromatic carbocycles. The summed E-state index contributed by atoms with van der Waals surface area (Å²) in [6.07, 6.45) is 4.03. The van der Waals surface area contributed by atoms with Crippen LogP contribution in [0.3, 0.4) is 0 Å². The SMILES string of the molecule is COc1cc(C)c2[nH]ccc2c1CN1CCC(C)(OC)CC1c1ccccc1. The number of aromatic amines is 1. The molecule has 1 saturated heterocycles. The van der Waals surface area contributed by atoms with Gasteiger partial charge in [0.1, 0.15) is 5.75 Å². The monoisotopic (exact) mass is 378 g/mol. The molecule has 4 heteroatoms. The molecule has 0 saturated carbocycles. The summed E-state index contributed by atoms with van der Waals surface area (Å²) < 4.78 is 11.7. The molecule has 2 unspecified atom stereocenters. The van der Waals surface area contributed by atoms with Crippen molar-refractivity contribution in [1.29, 1.82) is 0 Å². The zero-order chi connectivity index (χ0) is 19.7. The van der Waals surface area contributed by atoms with Crippen molar-refractivity contribution < 1.29 is 9.47 Å². The van der Waals surface area contributed by atoms with E-state index < -0.39 is 0 Å². The maximum Gasteiger partial charge on any atom is 0.124 e. The van der Waals surface area contributed by atoms with Crippen LogP contribution in [0.5, 0.6) is 5.75 Å². The average Bonchev–Trinajstić information content (AvgIpc) is 3.22. The van der Waals surface area contributed by atoms with Crippen molar-refractivity contribution in [3.05, 3.63) is 65.4 Å². The fraction of sp³-hybridized carbons (Fsp3) is 0.417. The molecule has 28 heavy (non-hydrogen) atoms. The van der Waals surface area contributed by atoms with Gasteiger partial charge in [-0.15, -0.1) is 0 Å². The number of aromatic nitrogens is 1. The summed E-state index contributed by atoms with van der Waals surface area (Å²) in [5.74, 6) is 0.969. The van der Waals surface area contributed by atoms with E-state index in [1.54, 1.807) is 7.11 Å². The molecule has 0 radical (unpaired) electrons. The summed E-state index contributed by atoms with van der Waals surface area (Å²) in [5, 5.41) is 1.25. The number of nitrogens with zero attached hydrogens (tertiary/aromatic N) is 1. The number of piperidine rings is 1. The second kappa shape index (κ2) is 7.61. The number of hydrogen-bond donors (Lipinski definition) is 1. The predicted octanol–water partition coefficient (Wildman–Crippen LogP) is 5.23. The second-order valence-electron chi connectivity index (χ2n) is 8.15. The molecule has 1 fully saturated rings.